The highest BCUT2D eigenvalue weighted by Crippen LogP contribution is 2.35. The summed E-state index contributed by atoms with van der Waals surface area (Å²) in [6.45, 7) is 9.45. The predicted molar refractivity (Wildman–Crippen MR) is 114 cm³/mol. The summed E-state index contributed by atoms with van der Waals surface area (Å²) in [4.78, 5) is 5.02. The van der Waals surface area contributed by atoms with Crippen LogP contribution < -0.4 is 9.47 Å². The number of nitrogens with zero attached hydrogens (tertiary/aromatic N) is 2. The monoisotopic (exact) mass is 466 g/mol. The van der Waals surface area contributed by atoms with E-state index >= 15 is 0 Å². The molecule has 1 aliphatic heterocycles. The highest BCUT2D eigenvalue weighted by Gasteiger charge is 2.18. The fourth-order valence-corrected chi connectivity index (χ4v) is 4.08. The molecule has 1 fully saturated rings. The first-order chi connectivity index (χ1) is 12.7. The van der Waals surface area contributed by atoms with E-state index in [1.165, 1.54) is 5.56 Å². The molecule has 1 saturated heterocycles. The molecule has 0 aliphatic carbocycles. The Labute approximate surface area is 170 Å². The van der Waals surface area contributed by atoms with Crippen LogP contribution in [0.5, 0.6) is 11.5 Å². The van der Waals surface area contributed by atoms with Gasteiger partial charge in [-0.3, -0.25) is 4.90 Å². The van der Waals surface area contributed by atoms with Crippen LogP contribution in [0.3, 0.4) is 0 Å². The molecule has 0 bridgehead atoms. The van der Waals surface area contributed by atoms with E-state index in [-0.39, 0.29) is 0 Å². The number of ether oxygens (including phenoxy) is 2. The largest absolute Gasteiger partial charge is 0.493 e. The molecule has 0 N–H and O–H groups in total. The molecule has 26 heavy (non-hydrogen) atoms. The molecule has 3 rings (SSSR count). The van der Waals surface area contributed by atoms with Crippen LogP contribution in [0.15, 0.2) is 42.5 Å². The second-order valence-corrected chi connectivity index (χ2v) is 7.76. The second kappa shape index (κ2) is 9.58. The molecule has 140 valence electrons. The number of rotatable bonds is 7. The van der Waals surface area contributed by atoms with Crippen molar-refractivity contribution >= 4 is 22.6 Å². The molecule has 1 heterocycles. The average molecular weight is 466 g/mol. The summed E-state index contributed by atoms with van der Waals surface area (Å²) in [7, 11) is 1.71. The van der Waals surface area contributed by atoms with E-state index in [4.69, 9.17) is 9.47 Å². The molecule has 5 heteroatoms. The third kappa shape index (κ3) is 5.11. The summed E-state index contributed by atoms with van der Waals surface area (Å²) in [6.07, 6.45) is 0. The lowest BCUT2D eigenvalue weighted by molar-refractivity contribution is 0.132. The SMILES string of the molecule is CCN1CCN(Cc2cc(I)c(OCc3ccccc3)c(OC)c2)CC1. The molecule has 2 aromatic carbocycles. The quantitative estimate of drug-likeness (QED) is 0.576. The minimum Gasteiger partial charge on any atom is -0.493 e. The first kappa shape index (κ1) is 19.5. The molecule has 0 unspecified atom stereocenters. The lowest BCUT2D eigenvalue weighted by Crippen LogP contribution is -2.45. The normalized spacial score (nSPS) is 15.8. The van der Waals surface area contributed by atoms with Gasteiger partial charge in [0.05, 0.1) is 10.7 Å². The van der Waals surface area contributed by atoms with Gasteiger partial charge in [0.1, 0.15) is 6.61 Å². The van der Waals surface area contributed by atoms with Gasteiger partial charge in [-0.15, -0.1) is 0 Å². The van der Waals surface area contributed by atoms with E-state index in [2.05, 4.69) is 63.6 Å². The van der Waals surface area contributed by atoms with Crippen LogP contribution >= 0.6 is 22.6 Å². The molecule has 0 spiro atoms. The van der Waals surface area contributed by atoms with Crippen LogP contribution in [0.4, 0.5) is 0 Å². The minimum absolute atomic E-state index is 0.547. The van der Waals surface area contributed by atoms with Crippen molar-refractivity contribution in [3.8, 4) is 11.5 Å². The maximum atomic E-state index is 6.07. The molecule has 2 aromatic rings. The maximum absolute atomic E-state index is 6.07. The van der Waals surface area contributed by atoms with Gasteiger partial charge in [0, 0.05) is 32.7 Å². The highest BCUT2D eigenvalue weighted by atomic mass is 127. The van der Waals surface area contributed by atoms with E-state index in [1.54, 1.807) is 7.11 Å². The third-order valence-electron chi connectivity index (χ3n) is 4.83. The second-order valence-electron chi connectivity index (χ2n) is 6.59. The van der Waals surface area contributed by atoms with Crippen molar-refractivity contribution in [2.75, 3.05) is 39.8 Å². The summed E-state index contributed by atoms with van der Waals surface area (Å²) < 4.78 is 12.8. The van der Waals surface area contributed by atoms with Crippen molar-refractivity contribution in [2.45, 2.75) is 20.1 Å². The molecule has 4 nitrogen and oxygen atoms in total. The molecule has 0 aromatic heterocycles. The van der Waals surface area contributed by atoms with Gasteiger partial charge in [-0.2, -0.15) is 0 Å². The molecule has 0 saturated carbocycles. The smallest absolute Gasteiger partial charge is 0.174 e. The summed E-state index contributed by atoms with van der Waals surface area (Å²) in [5.74, 6) is 1.64. The van der Waals surface area contributed by atoms with E-state index in [0.29, 0.717) is 6.61 Å². The molecule has 0 atom stereocenters. The fourth-order valence-electron chi connectivity index (χ4n) is 3.26. The molecular weight excluding hydrogens is 439 g/mol. The van der Waals surface area contributed by atoms with Crippen LogP contribution in [0.2, 0.25) is 0 Å². The first-order valence-electron chi connectivity index (χ1n) is 9.17. The van der Waals surface area contributed by atoms with Gasteiger partial charge in [-0.25, -0.2) is 0 Å². The number of methoxy groups -OCH3 is 1. The van der Waals surface area contributed by atoms with Crippen LogP contribution in [-0.4, -0.2) is 49.6 Å². The summed E-state index contributed by atoms with van der Waals surface area (Å²) >= 11 is 2.35. The van der Waals surface area contributed by atoms with Gasteiger partial charge >= 0.3 is 0 Å². The number of piperazine rings is 1. The van der Waals surface area contributed by atoms with Crippen LogP contribution in [0, 0.1) is 3.57 Å². The summed E-state index contributed by atoms with van der Waals surface area (Å²) in [6, 6.07) is 14.6. The van der Waals surface area contributed by atoms with Gasteiger partial charge < -0.3 is 14.4 Å². The highest BCUT2D eigenvalue weighted by molar-refractivity contribution is 14.1. The Hall–Kier alpha value is -1.31. The van der Waals surface area contributed by atoms with Gasteiger partial charge in [-0.05, 0) is 52.4 Å². The topological polar surface area (TPSA) is 24.9 Å². The Morgan fingerprint density at radius 1 is 0.962 bits per heavy atom. The van der Waals surface area contributed by atoms with Crippen molar-refractivity contribution < 1.29 is 9.47 Å². The van der Waals surface area contributed by atoms with Crippen LogP contribution in [-0.2, 0) is 13.2 Å². The average Bonchev–Trinajstić information content (AvgIpc) is 2.68. The minimum atomic E-state index is 0.547. The zero-order valence-electron chi connectivity index (χ0n) is 15.6. The summed E-state index contributed by atoms with van der Waals surface area (Å²) in [5.41, 5.74) is 2.44. The summed E-state index contributed by atoms with van der Waals surface area (Å²) in [5, 5.41) is 0. The standard InChI is InChI=1S/C21H27IN2O2/c1-3-23-9-11-24(12-10-23)15-18-13-19(22)21(20(14-18)25-2)26-16-17-7-5-4-6-8-17/h4-8,13-14H,3,9-12,15-16H2,1-2H3. The number of hydrogen-bond donors (Lipinski definition) is 0. The van der Waals surface area contributed by atoms with E-state index in [9.17, 15) is 0 Å². The van der Waals surface area contributed by atoms with E-state index in [0.717, 1.165) is 59.9 Å². The van der Waals surface area contributed by atoms with Gasteiger partial charge in [0.2, 0.25) is 0 Å². The zero-order valence-corrected chi connectivity index (χ0v) is 17.7. The van der Waals surface area contributed by atoms with Gasteiger partial charge in [0.25, 0.3) is 0 Å². The number of benzene rings is 2. The van der Waals surface area contributed by atoms with Crippen molar-refractivity contribution in [3.63, 3.8) is 0 Å². The Morgan fingerprint density at radius 2 is 1.65 bits per heavy atom. The van der Waals surface area contributed by atoms with Crippen molar-refractivity contribution in [3.05, 3.63) is 57.2 Å². The Morgan fingerprint density at radius 3 is 2.31 bits per heavy atom. The van der Waals surface area contributed by atoms with E-state index < -0.39 is 0 Å². The third-order valence-corrected chi connectivity index (χ3v) is 5.63. The number of halogens is 1. The Bertz CT molecular complexity index is 701. The lowest BCUT2D eigenvalue weighted by atomic mass is 10.1. The first-order valence-corrected chi connectivity index (χ1v) is 10.2. The van der Waals surface area contributed by atoms with Crippen molar-refractivity contribution in [1.29, 1.82) is 0 Å². The molecule has 0 radical (unpaired) electrons. The Balaban J connectivity index is 1.67. The van der Waals surface area contributed by atoms with Crippen molar-refractivity contribution in [1.82, 2.24) is 9.80 Å². The maximum Gasteiger partial charge on any atom is 0.174 e. The van der Waals surface area contributed by atoms with Gasteiger partial charge in [0.15, 0.2) is 11.5 Å². The fraction of sp³-hybridized carbons (Fsp3) is 0.429. The van der Waals surface area contributed by atoms with Crippen LogP contribution in [0.1, 0.15) is 18.1 Å². The van der Waals surface area contributed by atoms with Crippen molar-refractivity contribution in [2.24, 2.45) is 0 Å². The van der Waals surface area contributed by atoms with Crippen LogP contribution in [0.25, 0.3) is 0 Å². The zero-order chi connectivity index (χ0) is 18.4. The van der Waals surface area contributed by atoms with E-state index in [1.807, 2.05) is 18.2 Å². The predicted octanol–water partition coefficient (Wildman–Crippen LogP) is 4.02. The molecular formula is C21H27IN2O2. The molecule has 1 aliphatic rings. The molecule has 0 amide bonds. The number of hydrogen-bond acceptors (Lipinski definition) is 4. The lowest BCUT2D eigenvalue weighted by Gasteiger charge is -2.34. The van der Waals surface area contributed by atoms with Gasteiger partial charge in [-0.1, -0.05) is 37.3 Å². The number of likely N-dealkylation sites (N-methyl/N-ethyl adjacent to an activating group) is 1. The Kier molecular flexibility index (Phi) is 7.16.